The first kappa shape index (κ1) is 23.9. The Labute approximate surface area is 215 Å². The Kier molecular flexibility index (Phi) is 6.92. The van der Waals surface area contributed by atoms with Gasteiger partial charge in [-0.2, -0.15) is 5.10 Å². The van der Waals surface area contributed by atoms with Crippen LogP contribution < -0.4 is 4.74 Å². The van der Waals surface area contributed by atoms with E-state index in [1.807, 2.05) is 55.5 Å². The molecule has 0 amide bonds. The van der Waals surface area contributed by atoms with Crippen molar-refractivity contribution in [2.24, 2.45) is 0 Å². The lowest BCUT2D eigenvalue weighted by atomic mass is 9.87. The van der Waals surface area contributed by atoms with E-state index in [2.05, 4.69) is 29.4 Å². The standard InChI is InChI=1S/C30H27ClN2O3/c1-2-21-9-6-14-27-26(21)13-7-15-28(27)36-29(30(34)35)33-19-20(18-32-33)16-22-8-3-4-12-25(22)23-10-5-11-24(31)17-23/h2-5,7-8,10-13,15,17-19,29H,6,9,14,16H2,1H3,(H,34,35). The smallest absolute Gasteiger partial charge is 0.368 e. The number of rotatable bonds is 7. The Morgan fingerprint density at radius 1 is 1.11 bits per heavy atom. The fraction of sp³-hybridized carbons (Fsp3) is 0.200. The minimum Gasteiger partial charge on any atom is -0.477 e. The number of carbonyl (C=O) groups is 1. The number of hydrogen-bond acceptors (Lipinski definition) is 3. The summed E-state index contributed by atoms with van der Waals surface area (Å²) in [5.41, 5.74) is 7.58. The van der Waals surface area contributed by atoms with Gasteiger partial charge in [0.1, 0.15) is 5.75 Å². The molecule has 1 heterocycles. The molecular formula is C30H27ClN2O3. The molecule has 0 radical (unpaired) electrons. The summed E-state index contributed by atoms with van der Waals surface area (Å²) < 4.78 is 7.47. The van der Waals surface area contributed by atoms with Gasteiger partial charge in [0.2, 0.25) is 0 Å². The van der Waals surface area contributed by atoms with Crippen LogP contribution in [0.2, 0.25) is 5.02 Å². The summed E-state index contributed by atoms with van der Waals surface area (Å²) in [6.45, 7) is 2.04. The van der Waals surface area contributed by atoms with Crippen LogP contribution >= 0.6 is 11.6 Å². The first-order valence-corrected chi connectivity index (χ1v) is 12.4. The highest BCUT2D eigenvalue weighted by Crippen LogP contribution is 2.37. The predicted octanol–water partition coefficient (Wildman–Crippen LogP) is 7.20. The van der Waals surface area contributed by atoms with Gasteiger partial charge >= 0.3 is 5.97 Å². The average Bonchev–Trinajstić information content (AvgIpc) is 3.35. The first-order chi connectivity index (χ1) is 17.5. The van der Waals surface area contributed by atoms with E-state index in [9.17, 15) is 9.90 Å². The maximum absolute atomic E-state index is 12.2. The fourth-order valence-corrected chi connectivity index (χ4v) is 5.08. The van der Waals surface area contributed by atoms with Gasteiger partial charge in [-0.15, -0.1) is 0 Å². The number of carboxylic acids is 1. The summed E-state index contributed by atoms with van der Waals surface area (Å²) in [5, 5.41) is 15.0. The molecule has 1 unspecified atom stereocenters. The maximum atomic E-state index is 12.2. The van der Waals surface area contributed by atoms with Gasteiger partial charge in [-0.1, -0.05) is 66.2 Å². The van der Waals surface area contributed by atoms with Crippen molar-refractivity contribution in [1.82, 2.24) is 9.78 Å². The van der Waals surface area contributed by atoms with E-state index in [1.54, 1.807) is 12.4 Å². The Bertz CT molecular complexity index is 1440. The molecule has 0 aliphatic heterocycles. The molecule has 0 spiro atoms. The summed E-state index contributed by atoms with van der Waals surface area (Å²) in [7, 11) is 0. The van der Waals surface area contributed by atoms with Gasteiger partial charge in [-0.25, -0.2) is 9.48 Å². The number of allylic oxidation sites excluding steroid dienone is 2. The van der Waals surface area contributed by atoms with Gasteiger partial charge in [0.15, 0.2) is 0 Å². The second-order valence-corrected chi connectivity index (χ2v) is 9.37. The number of aliphatic carboxylic acids is 1. The third kappa shape index (κ3) is 4.93. The fourth-order valence-electron chi connectivity index (χ4n) is 4.89. The Hall–Kier alpha value is -3.83. The van der Waals surface area contributed by atoms with Crippen molar-refractivity contribution in [1.29, 1.82) is 0 Å². The molecule has 6 heteroatoms. The van der Waals surface area contributed by atoms with Crippen LogP contribution in [0, 0.1) is 0 Å². The van der Waals surface area contributed by atoms with Crippen molar-refractivity contribution in [3.05, 3.63) is 112 Å². The summed E-state index contributed by atoms with van der Waals surface area (Å²) >= 11 is 6.22. The van der Waals surface area contributed by atoms with Gasteiger partial charge in [0.25, 0.3) is 6.23 Å². The highest BCUT2D eigenvalue weighted by atomic mass is 35.5. The monoisotopic (exact) mass is 498 g/mol. The summed E-state index contributed by atoms with van der Waals surface area (Å²) in [6.07, 6.45) is 7.81. The summed E-state index contributed by atoms with van der Waals surface area (Å²) in [6, 6.07) is 21.7. The van der Waals surface area contributed by atoms with Crippen LogP contribution in [0.1, 0.15) is 48.2 Å². The molecule has 4 aromatic rings. The first-order valence-electron chi connectivity index (χ1n) is 12.1. The Morgan fingerprint density at radius 3 is 2.72 bits per heavy atom. The predicted molar refractivity (Wildman–Crippen MR) is 142 cm³/mol. The maximum Gasteiger partial charge on any atom is 0.368 e. The van der Waals surface area contributed by atoms with Gasteiger partial charge in [-0.05, 0) is 77.8 Å². The summed E-state index contributed by atoms with van der Waals surface area (Å²) in [4.78, 5) is 12.2. The number of ether oxygens (including phenoxy) is 1. The van der Waals surface area contributed by atoms with Crippen molar-refractivity contribution < 1.29 is 14.6 Å². The van der Waals surface area contributed by atoms with Crippen LogP contribution in [-0.4, -0.2) is 20.9 Å². The van der Waals surface area contributed by atoms with Crippen molar-refractivity contribution in [3.8, 4) is 16.9 Å². The third-order valence-electron chi connectivity index (χ3n) is 6.59. The average molecular weight is 499 g/mol. The number of nitrogens with zero attached hydrogens (tertiary/aromatic N) is 2. The van der Waals surface area contributed by atoms with E-state index >= 15 is 0 Å². The summed E-state index contributed by atoms with van der Waals surface area (Å²) in [5.74, 6) is -0.494. The molecule has 5 rings (SSSR count). The lowest BCUT2D eigenvalue weighted by Crippen LogP contribution is -2.26. The van der Waals surface area contributed by atoms with Crippen LogP contribution in [0.3, 0.4) is 0 Å². The molecule has 0 saturated carbocycles. The van der Waals surface area contributed by atoms with Gasteiger partial charge in [-0.3, -0.25) is 0 Å². The molecule has 1 aromatic heterocycles. The molecule has 1 N–H and O–H groups in total. The van der Waals surface area contributed by atoms with E-state index in [0.29, 0.717) is 17.2 Å². The van der Waals surface area contributed by atoms with Gasteiger partial charge in [0, 0.05) is 23.2 Å². The topological polar surface area (TPSA) is 64.3 Å². The number of fused-ring (bicyclic) bond motifs is 1. The number of benzene rings is 3. The van der Waals surface area contributed by atoms with E-state index in [4.69, 9.17) is 16.3 Å². The highest BCUT2D eigenvalue weighted by molar-refractivity contribution is 6.30. The zero-order valence-electron chi connectivity index (χ0n) is 20.0. The van der Waals surface area contributed by atoms with Crippen molar-refractivity contribution >= 4 is 23.1 Å². The highest BCUT2D eigenvalue weighted by Gasteiger charge is 2.26. The molecular weight excluding hydrogens is 472 g/mol. The van der Waals surface area contributed by atoms with Crippen molar-refractivity contribution in [2.75, 3.05) is 0 Å². The van der Waals surface area contributed by atoms with Crippen LogP contribution in [0.4, 0.5) is 0 Å². The molecule has 3 aromatic carbocycles. The molecule has 182 valence electrons. The van der Waals surface area contributed by atoms with E-state index < -0.39 is 12.2 Å². The number of aromatic nitrogens is 2. The zero-order valence-corrected chi connectivity index (χ0v) is 20.8. The minimum absolute atomic E-state index is 0.598. The molecule has 0 bridgehead atoms. The lowest BCUT2D eigenvalue weighted by Gasteiger charge is -2.24. The van der Waals surface area contributed by atoms with E-state index in [0.717, 1.165) is 52.6 Å². The second-order valence-electron chi connectivity index (χ2n) is 8.93. The lowest BCUT2D eigenvalue weighted by molar-refractivity contribution is -0.150. The van der Waals surface area contributed by atoms with Gasteiger partial charge < -0.3 is 9.84 Å². The third-order valence-corrected chi connectivity index (χ3v) is 6.83. The minimum atomic E-state index is -1.26. The van der Waals surface area contributed by atoms with E-state index in [-0.39, 0.29) is 0 Å². The van der Waals surface area contributed by atoms with E-state index in [1.165, 1.54) is 10.3 Å². The van der Waals surface area contributed by atoms with Crippen molar-refractivity contribution in [3.63, 3.8) is 0 Å². The zero-order chi connectivity index (χ0) is 25.1. The number of hydrogen-bond donors (Lipinski definition) is 1. The molecule has 0 saturated heterocycles. The quantitative estimate of drug-likeness (QED) is 0.292. The molecule has 0 fully saturated rings. The van der Waals surface area contributed by atoms with Crippen LogP contribution in [0.5, 0.6) is 5.75 Å². The number of carboxylic acid groups (broad SMARTS) is 1. The van der Waals surface area contributed by atoms with Crippen LogP contribution in [0.25, 0.3) is 16.7 Å². The molecule has 1 aliphatic carbocycles. The Balaban J connectivity index is 1.41. The van der Waals surface area contributed by atoms with Crippen molar-refractivity contribution in [2.45, 2.75) is 38.8 Å². The number of halogens is 1. The second kappa shape index (κ2) is 10.4. The van der Waals surface area contributed by atoms with Gasteiger partial charge in [0.05, 0.1) is 6.20 Å². The van der Waals surface area contributed by atoms with Crippen LogP contribution in [0.15, 0.2) is 85.2 Å². The molecule has 1 atom stereocenters. The molecule has 36 heavy (non-hydrogen) atoms. The normalized spacial score (nSPS) is 14.9. The SMILES string of the molecule is CC=C1CCCc2c(OC(C(=O)O)n3cc(Cc4ccccc4-c4cccc(Cl)c4)cn3)cccc21. The van der Waals surface area contributed by atoms with Crippen LogP contribution in [-0.2, 0) is 17.6 Å². The Morgan fingerprint density at radius 2 is 1.92 bits per heavy atom. The molecule has 5 nitrogen and oxygen atoms in total. The molecule has 1 aliphatic rings. The largest absolute Gasteiger partial charge is 0.477 e.